The number of thiazole rings is 1. The molecule has 33 heavy (non-hydrogen) atoms. The minimum absolute atomic E-state index is 0.0369. The summed E-state index contributed by atoms with van der Waals surface area (Å²) < 4.78 is 45.4. The van der Waals surface area contributed by atoms with Gasteiger partial charge in [0, 0.05) is 22.4 Å². The van der Waals surface area contributed by atoms with Gasteiger partial charge in [-0.15, -0.1) is 11.3 Å². The highest BCUT2D eigenvalue weighted by molar-refractivity contribution is 7.15. The molecule has 0 bridgehead atoms. The summed E-state index contributed by atoms with van der Waals surface area (Å²) in [6.45, 7) is 3.12. The number of rotatable bonds is 9. The number of nitrogens with zero attached hydrogens (tertiary/aromatic N) is 1. The number of carboxylic acid groups (broad SMARTS) is 1. The molecule has 0 aliphatic rings. The van der Waals surface area contributed by atoms with E-state index in [2.05, 4.69) is 4.98 Å². The Morgan fingerprint density at radius 1 is 1.15 bits per heavy atom. The molecule has 0 aliphatic heterocycles. The van der Waals surface area contributed by atoms with Gasteiger partial charge in [-0.3, -0.25) is 4.79 Å². The second-order valence-electron chi connectivity index (χ2n) is 7.37. The number of benzene rings is 2. The number of carboxylic acids is 1. The van der Waals surface area contributed by atoms with Gasteiger partial charge < -0.3 is 9.84 Å². The highest BCUT2D eigenvalue weighted by atomic mass is 32.1. The Kier molecular flexibility index (Phi) is 7.53. The number of aromatic nitrogens is 1. The molecule has 0 fully saturated rings. The first-order chi connectivity index (χ1) is 15.6. The molecule has 0 saturated heterocycles. The SMILES string of the molecule is CCc1nc(-c2ccccc2C(F)(F)F)sc1CCC(=O)c1ccc(OCC(=O)O)c(C)c1. The third-order valence-electron chi connectivity index (χ3n) is 5.00. The molecular weight excluding hydrogens is 455 g/mol. The number of halogens is 3. The largest absolute Gasteiger partial charge is 0.482 e. The number of aryl methyl sites for hydroxylation is 3. The van der Waals surface area contributed by atoms with Crippen molar-refractivity contribution in [3.63, 3.8) is 0 Å². The summed E-state index contributed by atoms with van der Waals surface area (Å²) in [6, 6.07) is 10.1. The summed E-state index contributed by atoms with van der Waals surface area (Å²) in [5, 5.41) is 9.01. The van der Waals surface area contributed by atoms with E-state index in [1.807, 2.05) is 6.92 Å². The molecule has 1 heterocycles. The van der Waals surface area contributed by atoms with Crippen LogP contribution in [-0.2, 0) is 23.8 Å². The fourth-order valence-corrected chi connectivity index (χ4v) is 4.57. The van der Waals surface area contributed by atoms with Crippen molar-refractivity contribution < 1.29 is 32.6 Å². The van der Waals surface area contributed by atoms with Gasteiger partial charge >= 0.3 is 12.1 Å². The summed E-state index contributed by atoms with van der Waals surface area (Å²) in [7, 11) is 0. The molecule has 174 valence electrons. The van der Waals surface area contributed by atoms with Gasteiger partial charge in [0.25, 0.3) is 0 Å². The summed E-state index contributed by atoms with van der Waals surface area (Å²) in [6.07, 6.45) is -3.40. The summed E-state index contributed by atoms with van der Waals surface area (Å²) in [5.41, 5.74) is 1.09. The van der Waals surface area contributed by atoms with E-state index in [-0.39, 0.29) is 22.8 Å². The molecule has 1 N–H and O–H groups in total. The van der Waals surface area contributed by atoms with E-state index >= 15 is 0 Å². The van der Waals surface area contributed by atoms with E-state index in [1.54, 1.807) is 31.2 Å². The summed E-state index contributed by atoms with van der Waals surface area (Å²) >= 11 is 1.18. The minimum atomic E-state index is -4.48. The number of carbonyl (C=O) groups excluding carboxylic acids is 1. The Labute approximate surface area is 192 Å². The highest BCUT2D eigenvalue weighted by Crippen LogP contribution is 2.39. The first kappa shape index (κ1) is 24.4. The van der Waals surface area contributed by atoms with Crippen molar-refractivity contribution >= 4 is 23.1 Å². The van der Waals surface area contributed by atoms with Gasteiger partial charge in [0.2, 0.25) is 0 Å². The van der Waals surface area contributed by atoms with Crippen molar-refractivity contribution in [3.8, 4) is 16.3 Å². The zero-order valence-electron chi connectivity index (χ0n) is 18.0. The van der Waals surface area contributed by atoms with Gasteiger partial charge in [0.05, 0.1) is 11.3 Å². The number of aliphatic carboxylic acids is 1. The van der Waals surface area contributed by atoms with Crippen LogP contribution < -0.4 is 4.74 Å². The van der Waals surface area contributed by atoms with E-state index in [9.17, 15) is 22.8 Å². The van der Waals surface area contributed by atoms with E-state index < -0.39 is 24.3 Å². The van der Waals surface area contributed by atoms with Gasteiger partial charge in [0.15, 0.2) is 12.4 Å². The Bertz CT molecular complexity index is 1170. The molecule has 5 nitrogen and oxygen atoms in total. The zero-order chi connectivity index (χ0) is 24.2. The summed E-state index contributed by atoms with van der Waals surface area (Å²) in [4.78, 5) is 28.6. The first-order valence-electron chi connectivity index (χ1n) is 10.2. The predicted octanol–water partition coefficient (Wildman–Crippen LogP) is 5.98. The van der Waals surface area contributed by atoms with Gasteiger partial charge in [-0.2, -0.15) is 13.2 Å². The molecule has 0 unspecified atom stereocenters. The van der Waals surface area contributed by atoms with E-state index in [1.165, 1.54) is 23.5 Å². The predicted molar refractivity (Wildman–Crippen MR) is 119 cm³/mol. The molecule has 0 amide bonds. The maximum absolute atomic E-state index is 13.4. The lowest BCUT2D eigenvalue weighted by atomic mass is 10.0. The number of hydrogen-bond donors (Lipinski definition) is 1. The molecule has 2 aromatic carbocycles. The lowest BCUT2D eigenvalue weighted by Crippen LogP contribution is -2.10. The first-order valence-corrected chi connectivity index (χ1v) is 11.1. The van der Waals surface area contributed by atoms with Crippen molar-refractivity contribution in [3.05, 3.63) is 69.7 Å². The molecule has 0 spiro atoms. The molecule has 3 rings (SSSR count). The number of carbonyl (C=O) groups is 2. The summed E-state index contributed by atoms with van der Waals surface area (Å²) in [5.74, 6) is -0.837. The van der Waals surface area contributed by atoms with Crippen LogP contribution in [0, 0.1) is 6.92 Å². The molecule has 0 radical (unpaired) electrons. The van der Waals surface area contributed by atoms with Crippen LogP contribution in [0.5, 0.6) is 5.75 Å². The van der Waals surface area contributed by atoms with Crippen LogP contribution in [-0.4, -0.2) is 28.4 Å². The van der Waals surface area contributed by atoms with E-state index in [0.29, 0.717) is 35.4 Å². The standard InChI is InChI=1S/C24H22F3NO4S/c1-3-18-21(33-23(28-18)16-6-4-5-7-17(16)24(25,26)27)11-9-19(29)15-8-10-20(14(2)12-15)32-13-22(30)31/h4-8,10,12H,3,9,11,13H2,1-2H3,(H,30,31). The normalized spacial score (nSPS) is 11.4. The third-order valence-corrected chi connectivity index (χ3v) is 6.19. The minimum Gasteiger partial charge on any atom is -0.482 e. The van der Waals surface area contributed by atoms with Gasteiger partial charge in [0.1, 0.15) is 10.8 Å². The molecule has 0 atom stereocenters. The molecule has 9 heteroatoms. The number of ether oxygens (including phenoxy) is 1. The second kappa shape index (κ2) is 10.2. The third kappa shape index (κ3) is 5.98. The molecular formula is C24H22F3NO4S. The molecule has 0 saturated carbocycles. The fraction of sp³-hybridized carbons (Fsp3) is 0.292. The molecule has 0 aliphatic carbocycles. The Hall–Kier alpha value is -3.20. The average Bonchev–Trinajstić information content (AvgIpc) is 3.19. The number of ketones is 1. The van der Waals surface area contributed by atoms with Gasteiger partial charge in [-0.05, 0) is 49.6 Å². The van der Waals surface area contributed by atoms with Crippen LogP contribution >= 0.6 is 11.3 Å². The van der Waals surface area contributed by atoms with E-state index in [0.717, 1.165) is 10.9 Å². The number of alkyl halides is 3. The number of Topliss-reactive ketones (excluding diaryl/α,β-unsaturated/α-hetero) is 1. The van der Waals surface area contributed by atoms with Crippen molar-refractivity contribution in [2.45, 2.75) is 39.3 Å². The fourth-order valence-electron chi connectivity index (χ4n) is 3.38. The Balaban J connectivity index is 1.76. The van der Waals surface area contributed by atoms with Crippen molar-refractivity contribution in [2.75, 3.05) is 6.61 Å². The Morgan fingerprint density at radius 2 is 1.88 bits per heavy atom. The van der Waals surface area contributed by atoms with Crippen LogP contribution in [0.1, 0.15) is 45.4 Å². The van der Waals surface area contributed by atoms with Crippen LogP contribution in [0.25, 0.3) is 10.6 Å². The topological polar surface area (TPSA) is 76.5 Å². The van der Waals surface area contributed by atoms with Crippen LogP contribution in [0.4, 0.5) is 13.2 Å². The number of hydrogen-bond acceptors (Lipinski definition) is 5. The monoisotopic (exact) mass is 477 g/mol. The van der Waals surface area contributed by atoms with Crippen molar-refractivity contribution in [1.82, 2.24) is 4.98 Å². The van der Waals surface area contributed by atoms with Gasteiger partial charge in [-0.25, -0.2) is 9.78 Å². The molecule has 3 aromatic rings. The van der Waals surface area contributed by atoms with Crippen molar-refractivity contribution in [2.24, 2.45) is 0 Å². The van der Waals surface area contributed by atoms with Crippen molar-refractivity contribution in [1.29, 1.82) is 0 Å². The maximum atomic E-state index is 13.4. The quantitative estimate of drug-likeness (QED) is 0.384. The smallest absolute Gasteiger partial charge is 0.417 e. The van der Waals surface area contributed by atoms with Crippen LogP contribution in [0.2, 0.25) is 0 Å². The Morgan fingerprint density at radius 3 is 2.52 bits per heavy atom. The van der Waals surface area contributed by atoms with Gasteiger partial charge in [-0.1, -0.05) is 25.1 Å². The lowest BCUT2D eigenvalue weighted by molar-refractivity contribution is -0.139. The second-order valence-corrected chi connectivity index (χ2v) is 8.46. The van der Waals surface area contributed by atoms with Crippen LogP contribution in [0.3, 0.4) is 0 Å². The molecule has 1 aromatic heterocycles. The maximum Gasteiger partial charge on any atom is 0.417 e. The van der Waals surface area contributed by atoms with E-state index in [4.69, 9.17) is 9.84 Å². The zero-order valence-corrected chi connectivity index (χ0v) is 18.8. The van der Waals surface area contributed by atoms with Crippen LogP contribution in [0.15, 0.2) is 42.5 Å². The average molecular weight is 478 g/mol. The lowest BCUT2D eigenvalue weighted by Gasteiger charge is -2.10. The highest BCUT2D eigenvalue weighted by Gasteiger charge is 2.34.